The van der Waals surface area contributed by atoms with E-state index in [2.05, 4.69) is 78.1 Å². The number of hydrogen-bond acceptors (Lipinski definition) is 3. The molecule has 0 aromatic carbocycles. The Morgan fingerprint density at radius 2 is 1.94 bits per heavy atom. The molecule has 1 fully saturated rings. The van der Waals surface area contributed by atoms with Gasteiger partial charge in [0.15, 0.2) is 0 Å². The molecule has 5 rings (SSSR count). The van der Waals surface area contributed by atoms with Crippen LogP contribution in [0.15, 0.2) is 60.2 Å². The highest BCUT2D eigenvalue weighted by Crippen LogP contribution is 2.34. The zero-order valence-corrected chi connectivity index (χ0v) is 20.2. The molecule has 172 valence electrons. The van der Waals surface area contributed by atoms with Crippen LogP contribution in [0.25, 0.3) is 11.2 Å². The number of piperidine rings is 1. The van der Waals surface area contributed by atoms with Gasteiger partial charge in [-0.25, -0.2) is 4.98 Å². The molecule has 1 saturated heterocycles. The zero-order chi connectivity index (χ0) is 23.1. The van der Waals surface area contributed by atoms with E-state index in [1.165, 1.54) is 11.1 Å². The summed E-state index contributed by atoms with van der Waals surface area (Å²) in [5.74, 6) is 0.819. The smallest absolute Gasteiger partial charge is 0.255 e. The highest BCUT2D eigenvalue weighted by Gasteiger charge is 2.26. The Balaban J connectivity index is 1.50. The molecule has 2 aromatic heterocycles. The van der Waals surface area contributed by atoms with Gasteiger partial charge < -0.3 is 9.30 Å². The lowest BCUT2D eigenvalue weighted by atomic mass is 9.87. The Labute approximate surface area is 196 Å². The highest BCUT2D eigenvalue weighted by atomic mass is 16.2. The van der Waals surface area contributed by atoms with Crippen molar-refractivity contribution in [1.29, 1.82) is 0 Å². The fraction of sp³-hybridized carbons (Fsp3) is 0.429. The summed E-state index contributed by atoms with van der Waals surface area (Å²) < 4.78 is 2.11. The van der Waals surface area contributed by atoms with Crippen molar-refractivity contribution < 1.29 is 4.79 Å². The van der Waals surface area contributed by atoms with Gasteiger partial charge in [0.05, 0.1) is 5.69 Å². The van der Waals surface area contributed by atoms with Gasteiger partial charge in [0.25, 0.3) is 5.91 Å². The zero-order valence-electron chi connectivity index (χ0n) is 20.2. The third-order valence-corrected chi connectivity index (χ3v) is 7.38. The van der Waals surface area contributed by atoms with Crippen molar-refractivity contribution in [3.63, 3.8) is 0 Å². The van der Waals surface area contributed by atoms with Crippen LogP contribution in [0.3, 0.4) is 0 Å². The van der Waals surface area contributed by atoms with Crippen LogP contribution in [-0.2, 0) is 11.2 Å². The van der Waals surface area contributed by atoms with Crippen LogP contribution in [0.5, 0.6) is 0 Å². The molecule has 1 amide bonds. The summed E-state index contributed by atoms with van der Waals surface area (Å²) in [5.41, 5.74) is 7.72. The quantitative estimate of drug-likeness (QED) is 0.661. The van der Waals surface area contributed by atoms with E-state index in [0.29, 0.717) is 5.92 Å². The number of rotatable bonds is 3. The number of pyridine rings is 1. The number of fused-ring (bicyclic) bond motifs is 2. The molecule has 0 aliphatic carbocycles. The minimum absolute atomic E-state index is 0.0394. The van der Waals surface area contributed by atoms with Gasteiger partial charge >= 0.3 is 0 Å². The number of aromatic nitrogens is 2. The predicted octanol–water partition coefficient (Wildman–Crippen LogP) is 5.14. The van der Waals surface area contributed by atoms with E-state index >= 15 is 0 Å². The second-order valence-corrected chi connectivity index (χ2v) is 9.83. The first-order valence-corrected chi connectivity index (χ1v) is 12.2. The van der Waals surface area contributed by atoms with Crippen molar-refractivity contribution in [1.82, 2.24) is 19.2 Å². The van der Waals surface area contributed by atoms with E-state index in [0.717, 1.165) is 66.9 Å². The maximum atomic E-state index is 13.5. The SMILES string of the molecule is CCc1cc(C2=CC(=O)N3C=C(C4CCN(C)CC4)C=CC3=CCC2C)cn2cc(C)nc12. The number of carbonyl (C=O) groups excluding carboxylic acids is 1. The van der Waals surface area contributed by atoms with E-state index in [1.54, 1.807) is 0 Å². The lowest BCUT2D eigenvalue weighted by molar-refractivity contribution is -0.122. The third kappa shape index (κ3) is 4.22. The number of likely N-dealkylation sites (tertiary alicyclic amines) is 1. The fourth-order valence-electron chi connectivity index (χ4n) is 5.32. The van der Waals surface area contributed by atoms with E-state index in [1.807, 2.05) is 17.9 Å². The molecule has 1 atom stereocenters. The van der Waals surface area contributed by atoms with Gasteiger partial charge in [0.2, 0.25) is 0 Å². The number of hydrogen-bond donors (Lipinski definition) is 0. The van der Waals surface area contributed by atoms with Crippen molar-refractivity contribution in [3.8, 4) is 0 Å². The molecule has 0 saturated carbocycles. The first kappa shape index (κ1) is 21.9. The van der Waals surface area contributed by atoms with Gasteiger partial charge in [0.1, 0.15) is 5.65 Å². The van der Waals surface area contributed by atoms with Gasteiger partial charge in [-0.1, -0.05) is 26.0 Å². The average molecular weight is 443 g/mol. The molecule has 5 nitrogen and oxygen atoms in total. The van der Waals surface area contributed by atoms with Gasteiger partial charge in [0, 0.05) is 30.4 Å². The molecule has 5 heterocycles. The molecule has 0 radical (unpaired) electrons. The summed E-state index contributed by atoms with van der Waals surface area (Å²) >= 11 is 0. The van der Waals surface area contributed by atoms with Crippen LogP contribution < -0.4 is 0 Å². The van der Waals surface area contributed by atoms with Crippen molar-refractivity contribution in [2.45, 2.75) is 46.5 Å². The topological polar surface area (TPSA) is 40.9 Å². The second-order valence-electron chi connectivity index (χ2n) is 9.83. The number of amides is 1. The van der Waals surface area contributed by atoms with Gasteiger partial charge in [-0.3, -0.25) is 9.69 Å². The van der Waals surface area contributed by atoms with Crippen molar-refractivity contribution in [2.75, 3.05) is 20.1 Å². The van der Waals surface area contributed by atoms with Crippen LogP contribution in [0.2, 0.25) is 0 Å². The fourth-order valence-corrected chi connectivity index (χ4v) is 5.32. The number of aryl methyl sites for hydroxylation is 2. The summed E-state index contributed by atoms with van der Waals surface area (Å²) in [6, 6.07) is 2.22. The molecule has 33 heavy (non-hydrogen) atoms. The van der Waals surface area contributed by atoms with Crippen LogP contribution in [0.4, 0.5) is 0 Å². The molecule has 2 aromatic rings. The summed E-state index contributed by atoms with van der Waals surface area (Å²) in [4.78, 5) is 22.5. The molecular formula is C28H34N4O. The molecule has 3 aliphatic heterocycles. The molecule has 1 unspecified atom stereocenters. The summed E-state index contributed by atoms with van der Waals surface area (Å²) in [6.07, 6.45) is 18.8. The normalized spacial score (nSPS) is 22.5. The van der Waals surface area contributed by atoms with E-state index in [-0.39, 0.29) is 11.8 Å². The van der Waals surface area contributed by atoms with Crippen molar-refractivity contribution in [2.24, 2.45) is 11.8 Å². The predicted molar refractivity (Wildman–Crippen MR) is 133 cm³/mol. The highest BCUT2D eigenvalue weighted by molar-refractivity contribution is 5.98. The number of nitrogens with zero attached hydrogens (tertiary/aromatic N) is 4. The first-order valence-electron chi connectivity index (χ1n) is 12.2. The van der Waals surface area contributed by atoms with E-state index in [4.69, 9.17) is 0 Å². The van der Waals surface area contributed by atoms with E-state index < -0.39 is 0 Å². The van der Waals surface area contributed by atoms with Crippen LogP contribution in [0.1, 0.15) is 49.9 Å². The summed E-state index contributed by atoms with van der Waals surface area (Å²) in [7, 11) is 2.18. The number of carbonyl (C=O) groups is 1. The minimum Gasteiger partial charge on any atom is -0.306 e. The lowest BCUT2D eigenvalue weighted by Gasteiger charge is -2.33. The average Bonchev–Trinajstić information content (AvgIpc) is 3.20. The Bertz CT molecular complexity index is 1200. The monoisotopic (exact) mass is 442 g/mol. The Morgan fingerprint density at radius 1 is 1.15 bits per heavy atom. The van der Waals surface area contributed by atoms with Crippen molar-refractivity contribution >= 4 is 17.1 Å². The second kappa shape index (κ2) is 8.79. The van der Waals surface area contributed by atoms with Crippen LogP contribution >= 0.6 is 0 Å². The Morgan fingerprint density at radius 3 is 2.70 bits per heavy atom. The van der Waals surface area contributed by atoms with Gasteiger partial charge in [-0.2, -0.15) is 0 Å². The molecular weight excluding hydrogens is 408 g/mol. The Kier molecular flexibility index (Phi) is 5.83. The Hall–Kier alpha value is -2.92. The number of imidazole rings is 1. The first-order chi connectivity index (χ1) is 15.9. The lowest BCUT2D eigenvalue weighted by Crippen LogP contribution is -2.32. The van der Waals surface area contributed by atoms with Crippen LogP contribution in [0, 0.1) is 18.8 Å². The van der Waals surface area contributed by atoms with Crippen LogP contribution in [-0.4, -0.2) is 45.2 Å². The van der Waals surface area contributed by atoms with E-state index in [9.17, 15) is 4.79 Å². The molecule has 0 N–H and O–H groups in total. The molecule has 3 aliphatic rings. The van der Waals surface area contributed by atoms with Gasteiger partial charge in [-0.15, -0.1) is 0 Å². The summed E-state index contributed by atoms with van der Waals surface area (Å²) in [5, 5.41) is 0. The number of allylic oxidation sites excluding steroid dienone is 5. The molecule has 0 bridgehead atoms. The maximum absolute atomic E-state index is 13.5. The third-order valence-electron chi connectivity index (χ3n) is 7.38. The van der Waals surface area contributed by atoms with Crippen molar-refractivity contribution in [3.05, 3.63) is 77.1 Å². The van der Waals surface area contributed by atoms with Gasteiger partial charge in [-0.05, 0) is 99.0 Å². The minimum atomic E-state index is 0.0394. The standard InChI is InChI=1S/C28H34N4O/c1-5-21-14-24(17-31-16-20(3)29-28(21)31)26-15-27(33)32-18-23(22-10-12-30(4)13-11-22)7-9-25(32)8-6-19(26)2/h7-9,14-19,22H,5-6,10-13H2,1-4H3. The summed E-state index contributed by atoms with van der Waals surface area (Å²) in [6.45, 7) is 8.63. The largest absolute Gasteiger partial charge is 0.306 e. The molecule has 5 heteroatoms. The molecule has 0 spiro atoms. The maximum Gasteiger partial charge on any atom is 0.255 e.